The van der Waals surface area contributed by atoms with E-state index in [0.717, 1.165) is 5.57 Å². The minimum absolute atomic E-state index is 0.453. The molecule has 0 aliphatic carbocycles. The molecule has 0 spiro atoms. The number of pyridine rings is 1. The summed E-state index contributed by atoms with van der Waals surface area (Å²) in [6.45, 7) is 8.01. The normalized spacial score (nSPS) is 12.2. The number of aliphatic hydroxyl groups excluding tert-OH is 1. The third kappa shape index (κ3) is 3.36. The lowest BCUT2D eigenvalue weighted by atomic mass is 10.1. The predicted molar refractivity (Wildman–Crippen MR) is 59.8 cm³/mol. The highest BCUT2D eigenvalue weighted by Gasteiger charge is 2.12. The van der Waals surface area contributed by atoms with Gasteiger partial charge in [0.15, 0.2) is 0 Å². The Morgan fingerprint density at radius 1 is 1.67 bits per heavy atom. The number of rotatable bonds is 5. The van der Waals surface area contributed by atoms with Crippen LogP contribution in [0, 0.1) is 0 Å². The zero-order chi connectivity index (χ0) is 11.3. The van der Waals surface area contributed by atoms with E-state index in [1.54, 1.807) is 12.3 Å². The van der Waals surface area contributed by atoms with Crippen LogP contribution in [0.2, 0.25) is 0 Å². The molecule has 1 N–H and O–H groups in total. The van der Waals surface area contributed by atoms with Crippen molar-refractivity contribution < 1.29 is 9.84 Å². The lowest BCUT2D eigenvalue weighted by Gasteiger charge is -2.13. The molecule has 0 amide bonds. The lowest BCUT2D eigenvalue weighted by Crippen LogP contribution is -2.05. The van der Waals surface area contributed by atoms with Crippen LogP contribution >= 0.6 is 0 Å². The second kappa shape index (κ2) is 5.51. The number of aromatic nitrogens is 1. The Balaban J connectivity index is 2.81. The summed E-state index contributed by atoms with van der Waals surface area (Å²) in [5.41, 5.74) is 1.54. The molecular formula is C12H17NO2. The molecule has 0 aliphatic heterocycles. The van der Waals surface area contributed by atoms with Crippen LogP contribution in [-0.2, 0) is 0 Å². The number of hydrogen-bond donors (Lipinski definition) is 1. The van der Waals surface area contributed by atoms with Crippen molar-refractivity contribution in [2.24, 2.45) is 0 Å². The molecule has 0 radical (unpaired) electrons. The first-order chi connectivity index (χ1) is 7.15. The van der Waals surface area contributed by atoms with E-state index in [4.69, 9.17) is 4.74 Å². The molecule has 1 aromatic heterocycles. The van der Waals surface area contributed by atoms with Crippen LogP contribution in [-0.4, -0.2) is 16.7 Å². The summed E-state index contributed by atoms with van der Waals surface area (Å²) in [6, 6.07) is 3.60. The summed E-state index contributed by atoms with van der Waals surface area (Å²) in [7, 11) is 0. The van der Waals surface area contributed by atoms with Crippen LogP contribution in [0.25, 0.3) is 0 Å². The molecule has 1 unspecified atom stereocenters. The molecule has 0 saturated carbocycles. The molecule has 15 heavy (non-hydrogen) atoms. The average Bonchev–Trinajstić information content (AvgIpc) is 2.25. The van der Waals surface area contributed by atoms with E-state index in [-0.39, 0.29) is 0 Å². The average molecular weight is 207 g/mol. The molecular weight excluding hydrogens is 190 g/mol. The molecule has 3 nitrogen and oxygen atoms in total. The fourth-order valence-electron chi connectivity index (χ4n) is 1.17. The largest absolute Gasteiger partial charge is 0.487 e. The third-order valence-electron chi connectivity index (χ3n) is 1.98. The van der Waals surface area contributed by atoms with Gasteiger partial charge in [-0.2, -0.15) is 0 Å². The van der Waals surface area contributed by atoms with Crippen molar-refractivity contribution in [2.45, 2.75) is 26.4 Å². The van der Waals surface area contributed by atoms with Gasteiger partial charge in [-0.1, -0.05) is 13.5 Å². The van der Waals surface area contributed by atoms with Crippen LogP contribution in [0.5, 0.6) is 5.75 Å². The highest BCUT2D eigenvalue weighted by molar-refractivity contribution is 5.29. The fraction of sp³-hybridized carbons (Fsp3) is 0.417. The predicted octanol–water partition coefficient (Wildman–Crippen LogP) is 2.48. The molecule has 3 heteroatoms. The van der Waals surface area contributed by atoms with Crippen molar-refractivity contribution in [3.05, 3.63) is 36.2 Å². The van der Waals surface area contributed by atoms with Crippen molar-refractivity contribution in [3.63, 3.8) is 0 Å². The van der Waals surface area contributed by atoms with Crippen molar-refractivity contribution in [1.82, 2.24) is 4.98 Å². The topological polar surface area (TPSA) is 42.4 Å². The zero-order valence-electron chi connectivity index (χ0n) is 9.23. The Labute approximate surface area is 90.4 Å². The van der Waals surface area contributed by atoms with Crippen molar-refractivity contribution in [2.75, 3.05) is 6.61 Å². The van der Waals surface area contributed by atoms with Crippen molar-refractivity contribution >= 4 is 0 Å². The van der Waals surface area contributed by atoms with Gasteiger partial charge in [0.1, 0.15) is 18.1 Å². The fourth-order valence-corrected chi connectivity index (χ4v) is 1.17. The maximum Gasteiger partial charge on any atom is 0.143 e. The number of ether oxygens (including phenoxy) is 1. The van der Waals surface area contributed by atoms with E-state index < -0.39 is 6.10 Å². The van der Waals surface area contributed by atoms with E-state index >= 15 is 0 Å². The van der Waals surface area contributed by atoms with Gasteiger partial charge < -0.3 is 9.84 Å². The van der Waals surface area contributed by atoms with E-state index in [2.05, 4.69) is 11.6 Å². The van der Waals surface area contributed by atoms with Crippen LogP contribution in [0.15, 0.2) is 30.5 Å². The van der Waals surface area contributed by atoms with E-state index in [0.29, 0.717) is 24.5 Å². The zero-order valence-corrected chi connectivity index (χ0v) is 9.23. The molecule has 0 aliphatic rings. The van der Waals surface area contributed by atoms with Gasteiger partial charge in [0.05, 0.1) is 6.10 Å². The van der Waals surface area contributed by atoms with E-state index in [1.165, 1.54) is 0 Å². The summed E-state index contributed by atoms with van der Waals surface area (Å²) in [4.78, 5) is 4.12. The Bertz CT molecular complexity index is 336. The van der Waals surface area contributed by atoms with Gasteiger partial charge >= 0.3 is 0 Å². The minimum atomic E-state index is -0.564. The highest BCUT2D eigenvalue weighted by Crippen LogP contribution is 2.24. The second-order valence-electron chi connectivity index (χ2n) is 3.56. The first-order valence-corrected chi connectivity index (χ1v) is 5.05. The van der Waals surface area contributed by atoms with Gasteiger partial charge in [-0.15, -0.1) is 0 Å². The third-order valence-corrected chi connectivity index (χ3v) is 1.98. The molecule has 0 fully saturated rings. The molecule has 82 valence electrons. The van der Waals surface area contributed by atoms with Gasteiger partial charge in [-0.25, -0.2) is 0 Å². The van der Waals surface area contributed by atoms with Crippen molar-refractivity contribution in [3.8, 4) is 5.75 Å². The van der Waals surface area contributed by atoms with Crippen LogP contribution in [0.1, 0.15) is 32.1 Å². The van der Waals surface area contributed by atoms with Crippen LogP contribution in [0.4, 0.5) is 0 Å². The molecule has 1 aromatic rings. The summed E-state index contributed by atoms with van der Waals surface area (Å²) >= 11 is 0. The Kier molecular flexibility index (Phi) is 4.31. The Morgan fingerprint density at radius 3 is 3.00 bits per heavy atom. The quantitative estimate of drug-likeness (QED) is 0.754. The Morgan fingerprint density at radius 2 is 2.40 bits per heavy atom. The molecule has 0 bridgehead atoms. The number of hydrogen-bond acceptors (Lipinski definition) is 3. The maximum absolute atomic E-state index is 9.71. The maximum atomic E-state index is 9.71. The minimum Gasteiger partial charge on any atom is -0.487 e. The van der Waals surface area contributed by atoms with Crippen molar-refractivity contribution in [1.29, 1.82) is 0 Å². The molecule has 1 rings (SSSR count). The summed E-state index contributed by atoms with van der Waals surface area (Å²) in [6.07, 6.45) is 1.72. The monoisotopic (exact) mass is 207 g/mol. The Hall–Kier alpha value is -1.35. The summed E-state index contributed by atoms with van der Waals surface area (Å²) in [5, 5.41) is 9.71. The van der Waals surface area contributed by atoms with Gasteiger partial charge in [0.2, 0.25) is 0 Å². The van der Waals surface area contributed by atoms with Gasteiger partial charge in [-0.3, -0.25) is 4.98 Å². The van der Waals surface area contributed by atoms with Gasteiger partial charge in [0.25, 0.3) is 0 Å². The standard InChI is InChI=1S/C12H17NO2/c1-4-10(14)12-11(6-5-7-13-12)15-8-9(2)3/h5-7,10,14H,2,4,8H2,1,3H3. The van der Waals surface area contributed by atoms with Gasteiger partial charge in [0, 0.05) is 6.20 Å². The lowest BCUT2D eigenvalue weighted by molar-refractivity contribution is 0.163. The van der Waals surface area contributed by atoms with Crippen LogP contribution in [0.3, 0.4) is 0 Å². The van der Waals surface area contributed by atoms with Gasteiger partial charge in [-0.05, 0) is 31.1 Å². The number of aliphatic hydroxyl groups is 1. The number of nitrogens with zero attached hydrogens (tertiary/aromatic N) is 1. The molecule has 1 atom stereocenters. The molecule has 0 saturated heterocycles. The first kappa shape index (κ1) is 11.7. The summed E-state index contributed by atoms with van der Waals surface area (Å²) < 4.78 is 5.50. The van der Waals surface area contributed by atoms with Crippen LogP contribution < -0.4 is 4.74 Å². The highest BCUT2D eigenvalue weighted by atomic mass is 16.5. The first-order valence-electron chi connectivity index (χ1n) is 5.05. The second-order valence-corrected chi connectivity index (χ2v) is 3.56. The summed E-state index contributed by atoms with van der Waals surface area (Å²) in [5.74, 6) is 0.634. The molecule has 1 heterocycles. The molecule has 0 aromatic carbocycles. The SMILES string of the molecule is C=C(C)COc1cccnc1C(O)CC. The smallest absolute Gasteiger partial charge is 0.143 e. The van der Waals surface area contributed by atoms with E-state index in [9.17, 15) is 5.11 Å². The van der Waals surface area contributed by atoms with E-state index in [1.807, 2.05) is 19.9 Å².